The number of aliphatic carboxylic acids is 1. The summed E-state index contributed by atoms with van der Waals surface area (Å²) in [5, 5.41) is 12.1. The first-order chi connectivity index (χ1) is 14.9. The number of halogens is 1. The molecule has 0 saturated heterocycles. The fraction of sp³-hybridized carbons (Fsp3) is 0.200. The summed E-state index contributed by atoms with van der Waals surface area (Å²) in [6, 6.07) is 20.7. The molecule has 1 unspecified atom stereocenters. The monoisotopic (exact) mass is 479 g/mol. The van der Waals surface area contributed by atoms with E-state index < -0.39 is 18.1 Å². The lowest BCUT2D eigenvalue weighted by Crippen LogP contribution is -2.42. The highest BCUT2D eigenvalue weighted by Gasteiger charge is 2.29. The molecule has 2 N–H and O–H groups in total. The van der Waals surface area contributed by atoms with Crippen molar-refractivity contribution in [2.45, 2.75) is 25.3 Å². The van der Waals surface area contributed by atoms with Crippen LogP contribution in [0.25, 0.3) is 11.1 Å². The number of aryl methyl sites for hydroxylation is 1. The molecule has 31 heavy (non-hydrogen) atoms. The number of ether oxygens (including phenoxy) is 1. The van der Waals surface area contributed by atoms with E-state index in [9.17, 15) is 14.7 Å². The summed E-state index contributed by atoms with van der Waals surface area (Å²) in [5.41, 5.74) is 6.32. The first-order valence-electron chi connectivity index (χ1n) is 10.0. The molecule has 3 aromatic carbocycles. The lowest BCUT2D eigenvalue weighted by atomic mass is 9.98. The second-order valence-corrected chi connectivity index (χ2v) is 8.50. The smallest absolute Gasteiger partial charge is 0.407 e. The highest BCUT2D eigenvalue weighted by Crippen LogP contribution is 2.44. The predicted molar refractivity (Wildman–Crippen MR) is 122 cm³/mol. The summed E-state index contributed by atoms with van der Waals surface area (Å²) in [6.45, 7) is 2.08. The largest absolute Gasteiger partial charge is 0.480 e. The van der Waals surface area contributed by atoms with Crippen molar-refractivity contribution in [3.8, 4) is 11.1 Å². The minimum Gasteiger partial charge on any atom is -0.480 e. The zero-order valence-corrected chi connectivity index (χ0v) is 18.6. The second-order valence-electron chi connectivity index (χ2n) is 7.65. The van der Waals surface area contributed by atoms with Crippen LogP contribution in [0.15, 0.2) is 71.2 Å². The zero-order chi connectivity index (χ0) is 22.0. The quantitative estimate of drug-likeness (QED) is 0.503. The molecule has 0 fully saturated rings. The molecule has 0 aromatic heterocycles. The van der Waals surface area contributed by atoms with Gasteiger partial charge in [-0.15, -0.1) is 0 Å². The maximum atomic E-state index is 12.4. The van der Waals surface area contributed by atoms with E-state index in [1.165, 1.54) is 0 Å². The average Bonchev–Trinajstić information content (AvgIpc) is 3.08. The van der Waals surface area contributed by atoms with E-state index in [4.69, 9.17) is 4.74 Å². The summed E-state index contributed by atoms with van der Waals surface area (Å²) >= 11 is 3.43. The SMILES string of the molecule is Cc1cc(CC(NC(=O)OCC2c3ccccc3-c3ccccc32)C(=O)O)ccc1Br. The van der Waals surface area contributed by atoms with Crippen molar-refractivity contribution in [1.29, 1.82) is 0 Å². The van der Waals surface area contributed by atoms with E-state index in [1.54, 1.807) is 0 Å². The molecule has 4 rings (SSSR count). The van der Waals surface area contributed by atoms with Crippen LogP contribution in [0.3, 0.4) is 0 Å². The van der Waals surface area contributed by atoms with Crippen molar-refractivity contribution in [1.82, 2.24) is 5.32 Å². The van der Waals surface area contributed by atoms with Crippen molar-refractivity contribution in [2.24, 2.45) is 0 Å². The van der Waals surface area contributed by atoms with E-state index in [0.29, 0.717) is 0 Å². The van der Waals surface area contributed by atoms with Crippen LogP contribution < -0.4 is 5.32 Å². The average molecular weight is 480 g/mol. The molecule has 5 nitrogen and oxygen atoms in total. The highest BCUT2D eigenvalue weighted by molar-refractivity contribution is 9.10. The Labute approximate surface area is 189 Å². The first kappa shape index (κ1) is 21.1. The first-order valence-corrected chi connectivity index (χ1v) is 10.8. The summed E-state index contributed by atoms with van der Waals surface area (Å²) in [5.74, 6) is -1.18. The van der Waals surface area contributed by atoms with Gasteiger partial charge in [0.2, 0.25) is 0 Å². The third-order valence-electron chi connectivity index (χ3n) is 5.60. The lowest BCUT2D eigenvalue weighted by Gasteiger charge is -2.18. The molecule has 0 heterocycles. The van der Waals surface area contributed by atoms with Crippen molar-refractivity contribution >= 4 is 28.0 Å². The van der Waals surface area contributed by atoms with Gasteiger partial charge in [0.15, 0.2) is 0 Å². The van der Waals surface area contributed by atoms with E-state index in [2.05, 4.69) is 33.4 Å². The Bertz CT molecular complexity index is 1100. The van der Waals surface area contributed by atoms with Gasteiger partial charge in [-0.3, -0.25) is 0 Å². The van der Waals surface area contributed by atoms with Crippen LogP contribution in [0.5, 0.6) is 0 Å². The number of carbonyl (C=O) groups excluding carboxylic acids is 1. The Morgan fingerprint density at radius 2 is 1.65 bits per heavy atom. The van der Waals surface area contributed by atoms with E-state index in [1.807, 2.05) is 61.5 Å². The Morgan fingerprint density at radius 1 is 1.03 bits per heavy atom. The maximum Gasteiger partial charge on any atom is 0.407 e. The van der Waals surface area contributed by atoms with Gasteiger partial charge in [-0.2, -0.15) is 0 Å². The second kappa shape index (κ2) is 8.94. The van der Waals surface area contributed by atoms with Crippen molar-refractivity contribution in [3.05, 3.63) is 93.5 Å². The number of carboxylic acid groups (broad SMARTS) is 1. The Hall–Kier alpha value is -3.12. The fourth-order valence-electron chi connectivity index (χ4n) is 4.05. The third kappa shape index (κ3) is 4.49. The van der Waals surface area contributed by atoms with Crippen molar-refractivity contribution < 1.29 is 19.4 Å². The molecule has 0 bridgehead atoms. The lowest BCUT2D eigenvalue weighted by molar-refractivity contribution is -0.139. The van der Waals surface area contributed by atoms with E-state index in [0.717, 1.165) is 37.9 Å². The number of carboxylic acids is 1. The minimum absolute atomic E-state index is 0.0736. The molecule has 1 aliphatic carbocycles. The topological polar surface area (TPSA) is 75.6 Å². The zero-order valence-electron chi connectivity index (χ0n) is 17.0. The summed E-state index contributed by atoms with van der Waals surface area (Å²) < 4.78 is 6.43. The number of hydrogen-bond acceptors (Lipinski definition) is 3. The molecule has 0 radical (unpaired) electrons. The predicted octanol–water partition coefficient (Wildman–Crippen LogP) is 5.29. The fourth-order valence-corrected chi connectivity index (χ4v) is 4.30. The standard InChI is InChI=1S/C25H22BrNO4/c1-15-12-16(10-11-22(15)26)13-23(24(28)29)27-25(30)31-14-21-19-8-4-2-6-17(19)18-7-3-5-9-20(18)21/h2-12,21,23H,13-14H2,1H3,(H,27,30)(H,28,29). The molecule has 0 spiro atoms. The number of alkyl carbamates (subject to hydrolysis) is 1. The number of nitrogens with one attached hydrogen (secondary N) is 1. The van der Waals surface area contributed by atoms with Crippen LogP contribution in [-0.4, -0.2) is 29.8 Å². The molecule has 6 heteroatoms. The van der Waals surface area contributed by atoms with E-state index >= 15 is 0 Å². The molecule has 1 amide bonds. The molecular weight excluding hydrogens is 458 g/mol. The minimum atomic E-state index is -1.10. The van der Waals surface area contributed by atoms with Gasteiger partial charge < -0.3 is 15.2 Å². The van der Waals surface area contributed by atoms with Crippen LogP contribution in [0.4, 0.5) is 4.79 Å². The Balaban J connectivity index is 1.43. The Morgan fingerprint density at radius 3 is 2.23 bits per heavy atom. The number of benzene rings is 3. The highest BCUT2D eigenvalue weighted by atomic mass is 79.9. The molecule has 158 valence electrons. The van der Waals surface area contributed by atoms with Crippen LogP contribution in [0.2, 0.25) is 0 Å². The van der Waals surface area contributed by atoms with Crippen molar-refractivity contribution in [3.63, 3.8) is 0 Å². The number of amides is 1. The summed E-state index contributed by atoms with van der Waals surface area (Å²) in [4.78, 5) is 24.1. The molecule has 1 aliphatic rings. The third-order valence-corrected chi connectivity index (χ3v) is 6.49. The van der Waals surface area contributed by atoms with Crippen molar-refractivity contribution in [2.75, 3.05) is 6.61 Å². The van der Waals surface area contributed by atoms with Gasteiger partial charge in [0, 0.05) is 16.8 Å². The van der Waals surface area contributed by atoms with Gasteiger partial charge in [-0.1, -0.05) is 76.6 Å². The molecular formula is C25H22BrNO4. The molecule has 0 aliphatic heterocycles. The number of carbonyl (C=O) groups is 2. The molecule has 3 aromatic rings. The van der Waals surface area contributed by atoms with Gasteiger partial charge in [-0.05, 0) is 46.4 Å². The normalized spacial score (nSPS) is 13.2. The van der Waals surface area contributed by atoms with Crippen LogP contribution in [0, 0.1) is 6.92 Å². The van der Waals surface area contributed by atoms with Crippen LogP contribution in [-0.2, 0) is 16.0 Å². The summed E-state index contributed by atoms with van der Waals surface area (Å²) in [6.07, 6.45) is -0.559. The number of fused-ring (bicyclic) bond motifs is 3. The van der Waals surface area contributed by atoms with E-state index in [-0.39, 0.29) is 18.9 Å². The molecule has 0 saturated carbocycles. The van der Waals surface area contributed by atoms with Gasteiger partial charge in [0.1, 0.15) is 12.6 Å². The summed E-state index contributed by atoms with van der Waals surface area (Å²) in [7, 11) is 0. The van der Waals surface area contributed by atoms with Crippen LogP contribution >= 0.6 is 15.9 Å². The van der Waals surface area contributed by atoms with Gasteiger partial charge in [-0.25, -0.2) is 9.59 Å². The number of hydrogen-bond donors (Lipinski definition) is 2. The van der Waals surface area contributed by atoms with Gasteiger partial charge >= 0.3 is 12.1 Å². The van der Waals surface area contributed by atoms with Crippen LogP contribution in [0.1, 0.15) is 28.2 Å². The molecule has 1 atom stereocenters. The number of rotatable bonds is 6. The van der Waals surface area contributed by atoms with Gasteiger partial charge in [0.05, 0.1) is 0 Å². The van der Waals surface area contributed by atoms with Gasteiger partial charge in [0.25, 0.3) is 0 Å². The maximum absolute atomic E-state index is 12.4. The Kier molecular flexibility index (Phi) is 6.09.